The fourth-order valence-electron chi connectivity index (χ4n) is 3.73. The van der Waals surface area contributed by atoms with Crippen LogP contribution in [0.5, 0.6) is 0 Å². The van der Waals surface area contributed by atoms with Crippen LogP contribution in [0.2, 0.25) is 0 Å². The normalized spacial score (nSPS) is 17.1. The third-order valence-corrected chi connectivity index (χ3v) is 8.91. The molecule has 1 aliphatic heterocycles. The van der Waals surface area contributed by atoms with Crippen LogP contribution in [-0.4, -0.2) is 56.0 Å². The summed E-state index contributed by atoms with van der Waals surface area (Å²) < 4.78 is 33.0. The Kier molecular flexibility index (Phi) is 6.82. The molecule has 3 heterocycles. The Balaban J connectivity index is 1.39. The molecule has 1 amide bonds. The largest absolute Gasteiger partial charge is 0.378 e. The number of sulfonamides is 1. The van der Waals surface area contributed by atoms with Gasteiger partial charge in [-0.2, -0.15) is 9.29 Å². The third kappa shape index (κ3) is 5.26. The maximum absolute atomic E-state index is 13.2. The topological polar surface area (TPSA) is 109 Å². The number of nitrogens with one attached hydrogen (secondary N) is 1. The SMILES string of the molecule is Cc1nc(-c2csc(S(=O)(=O)N3CCCC(C(=O)NCc4ccc(N(C)C)cc4)C3)c2)no1. The van der Waals surface area contributed by atoms with E-state index in [-0.39, 0.29) is 22.6 Å². The fourth-order valence-corrected chi connectivity index (χ4v) is 6.57. The zero-order valence-electron chi connectivity index (χ0n) is 18.8. The number of hydrogen-bond donors (Lipinski definition) is 1. The van der Waals surface area contributed by atoms with Crippen molar-refractivity contribution in [2.45, 2.75) is 30.5 Å². The van der Waals surface area contributed by atoms with Gasteiger partial charge in [0.25, 0.3) is 10.0 Å². The number of carbonyl (C=O) groups is 1. The van der Waals surface area contributed by atoms with Gasteiger partial charge in [0.1, 0.15) is 4.21 Å². The van der Waals surface area contributed by atoms with Gasteiger partial charge in [0, 0.05) is 57.3 Å². The van der Waals surface area contributed by atoms with Gasteiger partial charge in [-0.25, -0.2) is 8.42 Å². The second-order valence-electron chi connectivity index (χ2n) is 8.27. The number of nitrogens with zero attached hydrogens (tertiary/aromatic N) is 4. The molecule has 0 saturated carbocycles. The Morgan fingerprint density at radius 1 is 1.30 bits per heavy atom. The molecule has 4 rings (SSSR count). The van der Waals surface area contributed by atoms with Crippen molar-refractivity contribution in [3.05, 3.63) is 47.2 Å². The van der Waals surface area contributed by atoms with Gasteiger partial charge in [-0.1, -0.05) is 17.3 Å². The first-order valence-corrected chi connectivity index (χ1v) is 13.0. The third-order valence-electron chi connectivity index (χ3n) is 5.63. The first kappa shape index (κ1) is 23.4. The van der Waals surface area contributed by atoms with E-state index >= 15 is 0 Å². The molecular weight excluding hydrogens is 462 g/mol. The molecule has 0 spiro atoms. The van der Waals surface area contributed by atoms with Gasteiger partial charge in [-0.3, -0.25) is 4.79 Å². The molecule has 176 valence electrons. The average Bonchev–Trinajstić information content (AvgIpc) is 3.47. The number of carbonyl (C=O) groups excluding carboxylic acids is 1. The number of anilines is 1. The minimum atomic E-state index is -3.71. The highest BCUT2D eigenvalue weighted by Crippen LogP contribution is 2.31. The first-order chi connectivity index (χ1) is 15.7. The van der Waals surface area contributed by atoms with Gasteiger partial charge in [0.05, 0.1) is 5.92 Å². The van der Waals surface area contributed by atoms with Gasteiger partial charge < -0.3 is 14.7 Å². The Bertz CT molecular complexity index is 1220. The van der Waals surface area contributed by atoms with E-state index < -0.39 is 10.0 Å². The fraction of sp³-hybridized carbons (Fsp3) is 0.409. The standard InChI is InChI=1S/C22H27N5O4S2/c1-15-24-21(25-31-15)18-11-20(32-14-18)33(29,30)27-10-4-5-17(13-27)22(28)23-12-16-6-8-19(9-7-16)26(2)3/h6-9,11,14,17H,4-5,10,12-13H2,1-3H3,(H,23,28). The summed E-state index contributed by atoms with van der Waals surface area (Å²) in [6.07, 6.45) is 1.30. The predicted molar refractivity (Wildman–Crippen MR) is 126 cm³/mol. The van der Waals surface area contributed by atoms with E-state index in [2.05, 4.69) is 15.5 Å². The van der Waals surface area contributed by atoms with Crippen LogP contribution in [-0.2, 0) is 21.4 Å². The highest BCUT2D eigenvalue weighted by molar-refractivity contribution is 7.91. The van der Waals surface area contributed by atoms with Crippen LogP contribution in [0.25, 0.3) is 11.4 Å². The lowest BCUT2D eigenvalue weighted by Gasteiger charge is -2.30. The summed E-state index contributed by atoms with van der Waals surface area (Å²) in [7, 11) is 0.242. The van der Waals surface area contributed by atoms with E-state index in [4.69, 9.17) is 4.52 Å². The number of benzene rings is 1. The van der Waals surface area contributed by atoms with Crippen LogP contribution in [0.15, 0.2) is 44.4 Å². The second-order valence-corrected chi connectivity index (χ2v) is 11.3. The molecule has 11 heteroatoms. The molecule has 1 aromatic carbocycles. The van der Waals surface area contributed by atoms with Crippen molar-refractivity contribution in [3.8, 4) is 11.4 Å². The molecule has 2 aromatic heterocycles. The van der Waals surface area contributed by atoms with Crippen LogP contribution in [0.3, 0.4) is 0 Å². The van der Waals surface area contributed by atoms with E-state index in [1.807, 2.05) is 43.3 Å². The molecule has 1 fully saturated rings. The number of aromatic nitrogens is 2. The van der Waals surface area contributed by atoms with Gasteiger partial charge >= 0.3 is 0 Å². The van der Waals surface area contributed by atoms with Crippen LogP contribution >= 0.6 is 11.3 Å². The monoisotopic (exact) mass is 489 g/mol. The Labute approximate surface area is 197 Å². The maximum Gasteiger partial charge on any atom is 0.252 e. The molecule has 1 aliphatic rings. The van der Waals surface area contributed by atoms with Gasteiger partial charge in [-0.15, -0.1) is 11.3 Å². The first-order valence-electron chi connectivity index (χ1n) is 10.7. The second kappa shape index (κ2) is 9.62. The van der Waals surface area contributed by atoms with E-state index in [1.165, 1.54) is 4.31 Å². The minimum absolute atomic E-state index is 0.124. The van der Waals surface area contributed by atoms with E-state index in [1.54, 1.807) is 18.4 Å². The van der Waals surface area contributed by atoms with Gasteiger partial charge in [0.15, 0.2) is 0 Å². The van der Waals surface area contributed by atoms with Crippen LogP contribution in [0.1, 0.15) is 24.3 Å². The molecule has 33 heavy (non-hydrogen) atoms. The lowest BCUT2D eigenvalue weighted by atomic mass is 9.99. The zero-order chi connectivity index (χ0) is 23.6. The van der Waals surface area contributed by atoms with Crippen molar-refractivity contribution in [2.24, 2.45) is 5.92 Å². The van der Waals surface area contributed by atoms with Crippen molar-refractivity contribution in [1.29, 1.82) is 0 Å². The highest BCUT2D eigenvalue weighted by atomic mass is 32.2. The van der Waals surface area contributed by atoms with Crippen molar-refractivity contribution in [2.75, 3.05) is 32.1 Å². The number of rotatable bonds is 7. The average molecular weight is 490 g/mol. The van der Waals surface area contributed by atoms with Crippen molar-refractivity contribution in [1.82, 2.24) is 19.8 Å². The molecular formula is C22H27N5O4S2. The molecule has 0 radical (unpaired) electrons. The summed E-state index contributed by atoms with van der Waals surface area (Å²) in [5.41, 5.74) is 2.68. The number of amides is 1. The highest BCUT2D eigenvalue weighted by Gasteiger charge is 2.34. The summed E-state index contributed by atoms with van der Waals surface area (Å²) in [6, 6.07) is 9.52. The summed E-state index contributed by atoms with van der Waals surface area (Å²) in [5, 5.41) is 8.50. The summed E-state index contributed by atoms with van der Waals surface area (Å²) in [4.78, 5) is 18.9. The lowest BCUT2D eigenvalue weighted by molar-refractivity contribution is -0.126. The summed E-state index contributed by atoms with van der Waals surface area (Å²) in [6.45, 7) is 2.65. The molecule has 3 aromatic rings. The van der Waals surface area contributed by atoms with Gasteiger partial charge in [0.2, 0.25) is 17.6 Å². The van der Waals surface area contributed by atoms with E-state index in [0.717, 1.165) is 22.6 Å². The Morgan fingerprint density at radius 3 is 2.73 bits per heavy atom. The number of piperidine rings is 1. The van der Waals surface area contributed by atoms with Crippen molar-refractivity contribution >= 4 is 33.0 Å². The van der Waals surface area contributed by atoms with Crippen LogP contribution < -0.4 is 10.2 Å². The van der Waals surface area contributed by atoms with Crippen molar-refractivity contribution < 1.29 is 17.7 Å². The summed E-state index contributed by atoms with van der Waals surface area (Å²) >= 11 is 1.12. The molecule has 1 saturated heterocycles. The molecule has 0 bridgehead atoms. The summed E-state index contributed by atoms with van der Waals surface area (Å²) in [5.74, 6) is 0.272. The number of aryl methyl sites for hydroxylation is 1. The van der Waals surface area contributed by atoms with Crippen LogP contribution in [0, 0.1) is 12.8 Å². The lowest BCUT2D eigenvalue weighted by Crippen LogP contribution is -2.45. The van der Waals surface area contributed by atoms with Gasteiger partial charge in [-0.05, 0) is 36.6 Å². The predicted octanol–water partition coefficient (Wildman–Crippen LogP) is 2.89. The molecule has 1 unspecified atom stereocenters. The smallest absolute Gasteiger partial charge is 0.252 e. The minimum Gasteiger partial charge on any atom is -0.378 e. The number of thiophene rings is 1. The van der Waals surface area contributed by atoms with Crippen molar-refractivity contribution in [3.63, 3.8) is 0 Å². The Hall–Kier alpha value is -2.76. The van der Waals surface area contributed by atoms with E-state index in [0.29, 0.717) is 43.2 Å². The maximum atomic E-state index is 13.2. The quantitative estimate of drug-likeness (QED) is 0.544. The zero-order valence-corrected chi connectivity index (χ0v) is 20.4. The van der Waals surface area contributed by atoms with E-state index in [9.17, 15) is 13.2 Å². The molecule has 0 aliphatic carbocycles. The molecule has 9 nitrogen and oxygen atoms in total. The van der Waals surface area contributed by atoms with Crippen LogP contribution in [0.4, 0.5) is 5.69 Å². The molecule has 1 N–H and O–H groups in total. The number of hydrogen-bond acceptors (Lipinski definition) is 8. The molecule has 1 atom stereocenters. The Morgan fingerprint density at radius 2 is 2.06 bits per heavy atom.